The Morgan fingerprint density at radius 1 is 1.43 bits per heavy atom. The summed E-state index contributed by atoms with van der Waals surface area (Å²) in [7, 11) is 5.06. The van der Waals surface area contributed by atoms with Gasteiger partial charge in [-0.1, -0.05) is 28.5 Å². The van der Waals surface area contributed by atoms with Crippen molar-refractivity contribution in [1.29, 1.82) is 0 Å². The van der Waals surface area contributed by atoms with Crippen LogP contribution in [0.5, 0.6) is 11.5 Å². The van der Waals surface area contributed by atoms with Crippen LogP contribution in [0.3, 0.4) is 0 Å². The number of anilines is 2. The first-order chi connectivity index (χ1) is 14.4. The first kappa shape index (κ1) is 21.3. The molecular weight excluding hydrogens is 428 g/mol. The fourth-order valence-electron chi connectivity index (χ4n) is 4.50. The SMILES string of the molecule is CCSSCCNc1c(C)c(O)c2c(c1O)C(=COC(N)=O)[C@@]1(OC)[C@H]3N[C@H]3CN21. The van der Waals surface area contributed by atoms with Crippen molar-refractivity contribution in [1.82, 2.24) is 5.32 Å². The van der Waals surface area contributed by atoms with E-state index < -0.39 is 11.8 Å². The summed E-state index contributed by atoms with van der Waals surface area (Å²) in [4.78, 5) is 13.2. The van der Waals surface area contributed by atoms with Gasteiger partial charge >= 0.3 is 6.09 Å². The summed E-state index contributed by atoms with van der Waals surface area (Å²) >= 11 is 0. The van der Waals surface area contributed by atoms with Gasteiger partial charge in [-0.25, -0.2) is 4.79 Å². The third kappa shape index (κ3) is 3.06. The number of nitrogens with one attached hydrogen (secondary N) is 2. The summed E-state index contributed by atoms with van der Waals surface area (Å²) in [6.45, 7) is 5.06. The molecule has 11 heteroatoms. The fraction of sp³-hybridized carbons (Fsp3) is 0.526. The van der Waals surface area contributed by atoms with Crippen molar-refractivity contribution in [2.24, 2.45) is 5.73 Å². The van der Waals surface area contributed by atoms with Gasteiger partial charge in [0.1, 0.15) is 17.8 Å². The van der Waals surface area contributed by atoms with E-state index in [1.807, 2.05) is 4.90 Å². The molecule has 4 rings (SSSR count). The zero-order chi connectivity index (χ0) is 21.6. The summed E-state index contributed by atoms with van der Waals surface area (Å²) in [6.07, 6.45) is 0.255. The van der Waals surface area contributed by atoms with Crippen LogP contribution in [-0.2, 0) is 9.47 Å². The molecule has 0 aliphatic carbocycles. The van der Waals surface area contributed by atoms with Crippen molar-refractivity contribution in [3.05, 3.63) is 17.4 Å². The number of hydrogen-bond acceptors (Lipinski definition) is 10. The molecule has 1 amide bonds. The minimum Gasteiger partial charge on any atom is -0.505 e. The molecule has 3 atom stereocenters. The molecular formula is C19H26N4O5S2. The molecule has 3 aliphatic rings. The van der Waals surface area contributed by atoms with E-state index in [0.29, 0.717) is 41.2 Å². The Morgan fingerprint density at radius 3 is 2.87 bits per heavy atom. The monoisotopic (exact) mass is 454 g/mol. The molecule has 0 spiro atoms. The second-order valence-corrected chi connectivity index (χ2v) is 10.2. The quantitative estimate of drug-likeness (QED) is 0.0991. The van der Waals surface area contributed by atoms with E-state index in [1.54, 1.807) is 35.6 Å². The molecule has 0 unspecified atom stereocenters. The third-order valence-corrected chi connectivity index (χ3v) is 8.25. The molecule has 0 bridgehead atoms. The van der Waals surface area contributed by atoms with Gasteiger partial charge in [-0.15, -0.1) is 0 Å². The second-order valence-electron chi connectivity index (χ2n) is 7.31. The molecule has 2 fully saturated rings. The van der Waals surface area contributed by atoms with Crippen LogP contribution in [0.2, 0.25) is 0 Å². The predicted octanol–water partition coefficient (Wildman–Crippen LogP) is 2.17. The Hall–Kier alpha value is -1.95. The number of carbonyl (C=O) groups is 1. The van der Waals surface area contributed by atoms with Crippen LogP contribution < -0.4 is 21.3 Å². The van der Waals surface area contributed by atoms with Crippen molar-refractivity contribution in [3.63, 3.8) is 0 Å². The van der Waals surface area contributed by atoms with Crippen molar-refractivity contribution < 1.29 is 24.5 Å². The average molecular weight is 455 g/mol. The minimum absolute atomic E-state index is 0.0178. The molecule has 30 heavy (non-hydrogen) atoms. The van der Waals surface area contributed by atoms with Gasteiger partial charge in [0.25, 0.3) is 0 Å². The maximum atomic E-state index is 11.3. The number of primary amides is 1. The van der Waals surface area contributed by atoms with Gasteiger partial charge in [-0.3, -0.25) is 0 Å². The number of nitrogens with zero attached hydrogens (tertiary/aromatic N) is 1. The largest absolute Gasteiger partial charge is 0.505 e. The van der Waals surface area contributed by atoms with E-state index >= 15 is 0 Å². The molecule has 0 aromatic heterocycles. The van der Waals surface area contributed by atoms with E-state index in [2.05, 4.69) is 17.6 Å². The Balaban J connectivity index is 1.78. The standard InChI is InChI=1S/C19H26N4O5S2/c1-4-29-30-6-5-21-13-9(2)15(24)14-12(16(13)25)10(8-28-18(20)26)19(27-3)17-11(22-17)7-23(14)19/h8,11,17,21-22,24-25H,4-7H2,1-3H3,(H2,20,26)/t11-,17-,19+/m0/s1. The topological polar surface area (TPSA) is 139 Å². The van der Waals surface area contributed by atoms with Crippen molar-refractivity contribution in [2.75, 3.05) is 41.9 Å². The Labute approximate surface area is 182 Å². The highest BCUT2D eigenvalue weighted by Gasteiger charge is 2.69. The predicted molar refractivity (Wildman–Crippen MR) is 120 cm³/mol. The summed E-state index contributed by atoms with van der Waals surface area (Å²) in [5.74, 6) is 1.90. The van der Waals surface area contributed by atoms with E-state index in [1.165, 1.54) is 6.26 Å². The lowest BCUT2D eigenvalue weighted by Gasteiger charge is -2.35. The van der Waals surface area contributed by atoms with Gasteiger partial charge in [0.05, 0.1) is 28.6 Å². The number of ether oxygens (including phenoxy) is 2. The molecule has 0 saturated carbocycles. The number of phenolic OH excluding ortho intramolecular Hbond substituents is 2. The lowest BCUT2D eigenvalue weighted by molar-refractivity contribution is 0.0498. The first-order valence-electron chi connectivity index (χ1n) is 9.71. The summed E-state index contributed by atoms with van der Waals surface area (Å²) in [6, 6.07) is 0.124. The first-order valence-corrected chi connectivity index (χ1v) is 12.2. The maximum absolute atomic E-state index is 11.3. The van der Waals surface area contributed by atoms with E-state index in [4.69, 9.17) is 15.2 Å². The number of methoxy groups -OCH3 is 1. The van der Waals surface area contributed by atoms with Gasteiger partial charge in [0, 0.05) is 43.3 Å². The number of nitrogens with two attached hydrogens (primary N) is 1. The highest BCUT2D eigenvalue weighted by atomic mass is 33.1. The Morgan fingerprint density at radius 2 is 2.20 bits per heavy atom. The van der Waals surface area contributed by atoms with Gasteiger partial charge in [-0.2, -0.15) is 0 Å². The second kappa shape index (κ2) is 7.95. The van der Waals surface area contributed by atoms with Crippen LogP contribution in [0.15, 0.2) is 6.26 Å². The third-order valence-electron chi connectivity index (χ3n) is 5.77. The van der Waals surface area contributed by atoms with Crippen LogP contribution in [0.1, 0.15) is 18.1 Å². The normalized spacial score (nSPS) is 27.0. The van der Waals surface area contributed by atoms with Gasteiger partial charge in [0.2, 0.25) is 0 Å². The summed E-state index contributed by atoms with van der Waals surface area (Å²) in [5.41, 5.74) is 6.48. The number of carbonyl (C=O) groups excluding carboxylic acids is 1. The van der Waals surface area contributed by atoms with Gasteiger partial charge < -0.3 is 41.0 Å². The van der Waals surface area contributed by atoms with Crippen molar-refractivity contribution in [2.45, 2.75) is 31.7 Å². The number of phenols is 2. The highest BCUT2D eigenvalue weighted by molar-refractivity contribution is 8.76. The number of fused-ring (bicyclic) bond motifs is 5. The van der Waals surface area contributed by atoms with Crippen LogP contribution in [0, 0.1) is 6.92 Å². The average Bonchev–Trinajstić information content (AvgIpc) is 3.33. The van der Waals surface area contributed by atoms with Crippen molar-refractivity contribution >= 4 is 44.6 Å². The van der Waals surface area contributed by atoms with E-state index in [0.717, 1.165) is 11.5 Å². The van der Waals surface area contributed by atoms with Crippen LogP contribution in [0.25, 0.3) is 5.57 Å². The summed E-state index contributed by atoms with van der Waals surface area (Å²) in [5, 5.41) is 28.9. The number of piperazine rings is 1. The molecule has 6 N–H and O–H groups in total. The van der Waals surface area contributed by atoms with Crippen molar-refractivity contribution in [3.8, 4) is 11.5 Å². The van der Waals surface area contributed by atoms with E-state index in [9.17, 15) is 15.0 Å². The lowest BCUT2D eigenvalue weighted by atomic mass is 9.94. The highest BCUT2D eigenvalue weighted by Crippen LogP contribution is 2.63. The van der Waals surface area contributed by atoms with Crippen LogP contribution >= 0.6 is 21.6 Å². The van der Waals surface area contributed by atoms with Gasteiger partial charge in [-0.05, 0) is 6.92 Å². The zero-order valence-corrected chi connectivity index (χ0v) is 18.7. The molecule has 164 valence electrons. The maximum Gasteiger partial charge on any atom is 0.409 e. The smallest absolute Gasteiger partial charge is 0.409 e. The minimum atomic E-state index is -1.00. The lowest BCUT2D eigenvalue weighted by Crippen LogP contribution is -2.50. The molecule has 0 radical (unpaired) electrons. The number of hydrogen-bond donors (Lipinski definition) is 5. The van der Waals surface area contributed by atoms with Crippen LogP contribution in [-0.4, -0.2) is 65.8 Å². The molecule has 1 aromatic rings. The molecule has 3 aliphatic heterocycles. The molecule has 2 saturated heterocycles. The molecule has 1 aromatic carbocycles. The zero-order valence-electron chi connectivity index (χ0n) is 17.0. The fourth-order valence-corrected chi connectivity index (χ4v) is 6.07. The molecule has 3 heterocycles. The number of amides is 1. The Bertz CT molecular complexity index is 912. The Kier molecular flexibility index (Phi) is 5.64. The number of benzene rings is 1. The van der Waals surface area contributed by atoms with E-state index in [-0.39, 0.29) is 23.6 Å². The number of rotatable bonds is 8. The number of aromatic hydroxyl groups is 2. The summed E-state index contributed by atoms with van der Waals surface area (Å²) < 4.78 is 10.9. The van der Waals surface area contributed by atoms with Crippen LogP contribution in [0.4, 0.5) is 16.2 Å². The molecule has 9 nitrogen and oxygen atoms in total. The van der Waals surface area contributed by atoms with Gasteiger partial charge in [0.15, 0.2) is 5.72 Å².